The van der Waals surface area contributed by atoms with Gasteiger partial charge in [0, 0.05) is 0 Å². The van der Waals surface area contributed by atoms with Crippen LogP contribution >= 0.6 is 0 Å². The third-order valence-electron chi connectivity index (χ3n) is 3.19. The molecule has 0 aliphatic rings. The lowest BCUT2D eigenvalue weighted by atomic mass is 9.98. The molecule has 0 fully saturated rings. The highest BCUT2D eigenvalue weighted by Crippen LogP contribution is 2.14. The SMILES string of the molecule is CCCCC(C)C(O)COC(=O)C(C)CCC. The molecule has 102 valence electrons. The van der Waals surface area contributed by atoms with Gasteiger partial charge in [0.2, 0.25) is 0 Å². The van der Waals surface area contributed by atoms with Gasteiger partial charge >= 0.3 is 5.97 Å². The molecular weight excluding hydrogens is 216 g/mol. The lowest BCUT2D eigenvalue weighted by Crippen LogP contribution is -2.27. The van der Waals surface area contributed by atoms with E-state index in [1.165, 1.54) is 0 Å². The normalized spacial score (nSPS) is 16.3. The second kappa shape index (κ2) is 9.46. The number of hydrogen-bond acceptors (Lipinski definition) is 3. The molecule has 0 aromatic carbocycles. The summed E-state index contributed by atoms with van der Waals surface area (Å²) in [6, 6.07) is 0. The summed E-state index contributed by atoms with van der Waals surface area (Å²) in [5, 5.41) is 9.83. The Labute approximate surface area is 106 Å². The average Bonchev–Trinajstić information content (AvgIpc) is 2.32. The average molecular weight is 244 g/mol. The molecule has 0 saturated heterocycles. The number of hydrogen-bond donors (Lipinski definition) is 1. The van der Waals surface area contributed by atoms with E-state index in [0.717, 1.165) is 32.1 Å². The fourth-order valence-corrected chi connectivity index (χ4v) is 1.74. The lowest BCUT2D eigenvalue weighted by molar-refractivity contribution is -0.152. The summed E-state index contributed by atoms with van der Waals surface area (Å²) in [5.74, 6) is -0.0454. The van der Waals surface area contributed by atoms with Crippen molar-refractivity contribution < 1.29 is 14.6 Å². The van der Waals surface area contributed by atoms with E-state index < -0.39 is 6.10 Å². The van der Waals surface area contributed by atoms with Crippen molar-refractivity contribution in [2.24, 2.45) is 11.8 Å². The van der Waals surface area contributed by atoms with Gasteiger partial charge in [-0.25, -0.2) is 0 Å². The van der Waals surface area contributed by atoms with Gasteiger partial charge in [-0.3, -0.25) is 4.79 Å². The van der Waals surface area contributed by atoms with Gasteiger partial charge in [0.25, 0.3) is 0 Å². The number of aliphatic hydroxyl groups excluding tert-OH is 1. The van der Waals surface area contributed by atoms with E-state index in [-0.39, 0.29) is 24.4 Å². The van der Waals surface area contributed by atoms with Crippen molar-refractivity contribution in [2.75, 3.05) is 6.61 Å². The molecule has 0 aliphatic heterocycles. The second-order valence-electron chi connectivity index (χ2n) is 5.01. The molecule has 0 saturated carbocycles. The maximum atomic E-state index is 11.5. The standard InChI is InChI=1S/C14H28O3/c1-5-7-9-11(3)13(15)10-17-14(16)12(4)8-6-2/h11-13,15H,5-10H2,1-4H3. The zero-order valence-electron chi connectivity index (χ0n) is 11.7. The van der Waals surface area contributed by atoms with Crippen LogP contribution in [0.5, 0.6) is 0 Å². The third-order valence-corrected chi connectivity index (χ3v) is 3.19. The maximum absolute atomic E-state index is 11.5. The highest BCUT2D eigenvalue weighted by Gasteiger charge is 2.18. The Hall–Kier alpha value is -0.570. The molecule has 17 heavy (non-hydrogen) atoms. The Bertz CT molecular complexity index is 204. The zero-order chi connectivity index (χ0) is 13.3. The Morgan fingerprint density at radius 2 is 1.82 bits per heavy atom. The van der Waals surface area contributed by atoms with Crippen molar-refractivity contribution in [1.29, 1.82) is 0 Å². The highest BCUT2D eigenvalue weighted by atomic mass is 16.5. The van der Waals surface area contributed by atoms with Gasteiger partial charge in [-0.2, -0.15) is 0 Å². The number of esters is 1. The third kappa shape index (κ3) is 7.37. The molecule has 0 spiro atoms. The van der Waals surface area contributed by atoms with Gasteiger partial charge in [-0.1, -0.05) is 47.0 Å². The quantitative estimate of drug-likeness (QED) is 0.634. The summed E-state index contributed by atoms with van der Waals surface area (Å²) in [6.07, 6.45) is 4.52. The molecule has 0 amide bonds. The van der Waals surface area contributed by atoms with Gasteiger partial charge in [0.05, 0.1) is 12.0 Å². The first-order chi connectivity index (χ1) is 8.02. The van der Waals surface area contributed by atoms with E-state index in [2.05, 4.69) is 6.92 Å². The summed E-state index contributed by atoms with van der Waals surface area (Å²) >= 11 is 0. The molecule has 3 heteroatoms. The molecule has 0 aromatic heterocycles. The number of carbonyl (C=O) groups excluding carboxylic acids is 1. The first kappa shape index (κ1) is 16.4. The number of aliphatic hydroxyl groups is 1. The smallest absolute Gasteiger partial charge is 0.308 e. The number of carbonyl (C=O) groups is 1. The van der Waals surface area contributed by atoms with Gasteiger partial charge in [-0.05, 0) is 18.8 Å². The van der Waals surface area contributed by atoms with E-state index in [1.807, 2.05) is 20.8 Å². The minimum Gasteiger partial charge on any atom is -0.463 e. The van der Waals surface area contributed by atoms with Crippen molar-refractivity contribution in [3.05, 3.63) is 0 Å². The first-order valence-corrected chi connectivity index (χ1v) is 6.87. The molecule has 3 nitrogen and oxygen atoms in total. The van der Waals surface area contributed by atoms with Gasteiger partial charge < -0.3 is 9.84 Å². The van der Waals surface area contributed by atoms with Crippen LogP contribution in [0.15, 0.2) is 0 Å². The molecule has 0 bridgehead atoms. The molecule has 3 atom stereocenters. The van der Waals surface area contributed by atoms with Gasteiger partial charge in [0.1, 0.15) is 6.61 Å². The van der Waals surface area contributed by atoms with Gasteiger partial charge in [-0.15, -0.1) is 0 Å². The first-order valence-electron chi connectivity index (χ1n) is 6.87. The second-order valence-corrected chi connectivity index (χ2v) is 5.01. The Morgan fingerprint density at radius 3 is 2.35 bits per heavy atom. The van der Waals surface area contributed by atoms with Crippen LogP contribution in [-0.4, -0.2) is 23.8 Å². The maximum Gasteiger partial charge on any atom is 0.308 e. The largest absolute Gasteiger partial charge is 0.463 e. The van der Waals surface area contributed by atoms with Crippen LogP contribution in [0.1, 0.15) is 59.8 Å². The molecule has 0 radical (unpaired) electrons. The molecule has 0 aromatic rings. The predicted molar refractivity (Wildman–Crippen MR) is 69.7 cm³/mol. The van der Waals surface area contributed by atoms with E-state index >= 15 is 0 Å². The van der Waals surface area contributed by atoms with Crippen molar-refractivity contribution in [3.8, 4) is 0 Å². The Morgan fingerprint density at radius 1 is 1.18 bits per heavy atom. The molecule has 3 unspecified atom stereocenters. The summed E-state index contributed by atoms with van der Waals surface area (Å²) in [6.45, 7) is 8.19. The predicted octanol–water partition coefficient (Wildman–Crippen LogP) is 3.15. The molecule has 0 aliphatic carbocycles. The lowest BCUT2D eigenvalue weighted by Gasteiger charge is -2.19. The van der Waals surface area contributed by atoms with Crippen LogP contribution in [0.2, 0.25) is 0 Å². The highest BCUT2D eigenvalue weighted by molar-refractivity contribution is 5.71. The number of ether oxygens (including phenoxy) is 1. The summed E-state index contributed by atoms with van der Waals surface area (Å²) in [5.41, 5.74) is 0. The van der Waals surface area contributed by atoms with Gasteiger partial charge in [0.15, 0.2) is 0 Å². The van der Waals surface area contributed by atoms with Crippen LogP contribution in [0.25, 0.3) is 0 Å². The van der Waals surface area contributed by atoms with Crippen molar-refractivity contribution in [2.45, 2.75) is 65.9 Å². The van der Waals surface area contributed by atoms with E-state index in [4.69, 9.17) is 4.74 Å². The summed E-state index contributed by atoms with van der Waals surface area (Å²) < 4.78 is 5.13. The molecule has 0 rings (SSSR count). The van der Waals surface area contributed by atoms with Crippen molar-refractivity contribution in [3.63, 3.8) is 0 Å². The number of rotatable bonds is 9. The fraction of sp³-hybridized carbons (Fsp3) is 0.929. The van der Waals surface area contributed by atoms with Crippen LogP contribution in [0, 0.1) is 11.8 Å². The Kier molecular flexibility index (Phi) is 9.14. The minimum absolute atomic E-state index is 0.0573. The van der Waals surface area contributed by atoms with Crippen LogP contribution in [-0.2, 0) is 9.53 Å². The number of unbranched alkanes of at least 4 members (excludes halogenated alkanes) is 1. The van der Waals surface area contributed by atoms with E-state index in [0.29, 0.717) is 0 Å². The monoisotopic (exact) mass is 244 g/mol. The van der Waals surface area contributed by atoms with Crippen LogP contribution in [0.4, 0.5) is 0 Å². The fourth-order valence-electron chi connectivity index (χ4n) is 1.74. The molecule has 0 heterocycles. The zero-order valence-corrected chi connectivity index (χ0v) is 11.7. The Balaban J connectivity index is 3.81. The van der Waals surface area contributed by atoms with Crippen LogP contribution in [0.3, 0.4) is 0 Å². The van der Waals surface area contributed by atoms with Crippen molar-refractivity contribution in [1.82, 2.24) is 0 Å². The molecular formula is C14H28O3. The summed E-state index contributed by atoms with van der Waals surface area (Å²) in [7, 11) is 0. The van der Waals surface area contributed by atoms with Crippen LogP contribution < -0.4 is 0 Å². The van der Waals surface area contributed by atoms with Crippen molar-refractivity contribution >= 4 is 5.97 Å². The van der Waals surface area contributed by atoms with E-state index in [1.54, 1.807) is 0 Å². The minimum atomic E-state index is -0.528. The topological polar surface area (TPSA) is 46.5 Å². The van der Waals surface area contributed by atoms with E-state index in [9.17, 15) is 9.90 Å². The summed E-state index contributed by atoms with van der Waals surface area (Å²) in [4.78, 5) is 11.5. The molecule has 1 N–H and O–H groups in total.